The van der Waals surface area contributed by atoms with Crippen molar-refractivity contribution in [1.82, 2.24) is 0 Å². The molecular weight excluding hydrogens is 152 g/mol. The van der Waals surface area contributed by atoms with Crippen molar-refractivity contribution in [2.75, 3.05) is 0 Å². The third-order valence-electron chi connectivity index (χ3n) is 1.86. The van der Waals surface area contributed by atoms with Crippen LogP contribution in [-0.4, -0.2) is 0 Å². The highest BCUT2D eigenvalue weighted by Crippen LogP contribution is 2.00. The van der Waals surface area contributed by atoms with Gasteiger partial charge in [0.05, 0.1) is 0 Å². The molecule has 1 aliphatic carbocycles. The fourth-order valence-corrected chi connectivity index (χ4v) is 2.16. The monoisotopic (exact) mass is 162 g/mol. The van der Waals surface area contributed by atoms with Crippen LogP contribution in [0.15, 0.2) is 23.1 Å². The SMILES string of the molecule is CC1=CCC=c2ccsc2=C1. The second-order valence-corrected chi connectivity index (χ2v) is 3.72. The van der Waals surface area contributed by atoms with Crippen LogP contribution in [0.5, 0.6) is 0 Å². The molecule has 1 heterocycles. The summed E-state index contributed by atoms with van der Waals surface area (Å²) in [7, 11) is 0. The van der Waals surface area contributed by atoms with Crippen LogP contribution < -0.4 is 9.75 Å². The van der Waals surface area contributed by atoms with Crippen LogP contribution in [0, 0.1) is 0 Å². The summed E-state index contributed by atoms with van der Waals surface area (Å²) in [4.78, 5) is 0. The van der Waals surface area contributed by atoms with Crippen LogP contribution >= 0.6 is 11.3 Å². The van der Waals surface area contributed by atoms with Crippen molar-refractivity contribution >= 4 is 23.5 Å². The van der Waals surface area contributed by atoms with Gasteiger partial charge >= 0.3 is 0 Å². The largest absolute Gasteiger partial charge is 0.144 e. The van der Waals surface area contributed by atoms with Crippen molar-refractivity contribution in [1.29, 1.82) is 0 Å². The molecule has 1 aromatic heterocycles. The molecule has 0 aromatic carbocycles. The molecule has 2 rings (SSSR count). The van der Waals surface area contributed by atoms with Crippen molar-refractivity contribution in [2.45, 2.75) is 13.3 Å². The van der Waals surface area contributed by atoms with E-state index in [1.165, 1.54) is 15.3 Å². The van der Waals surface area contributed by atoms with E-state index in [0.717, 1.165) is 6.42 Å². The average Bonchev–Trinajstić information content (AvgIpc) is 2.31. The van der Waals surface area contributed by atoms with E-state index < -0.39 is 0 Å². The minimum absolute atomic E-state index is 1.08. The second-order valence-electron chi connectivity index (χ2n) is 2.77. The Morgan fingerprint density at radius 2 is 2.27 bits per heavy atom. The Bertz CT molecular complexity index is 393. The molecule has 0 aliphatic heterocycles. The van der Waals surface area contributed by atoms with Crippen molar-refractivity contribution in [3.05, 3.63) is 32.8 Å². The normalized spacial score (nSPS) is 15.5. The summed E-state index contributed by atoms with van der Waals surface area (Å²) in [5.74, 6) is 0. The van der Waals surface area contributed by atoms with Crippen LogP contribution in [0.3, 0.4) is 0 Å². The first-order valence-electron chi connectivity index (χ1n) is 3.78. The number of thiophene rings is 1. The van der Waals surface area contributed by atoms with E-state index in [0.29, 0.717) is 0 Å². The maximum Gasteiger partial charge on any atom is 0.0342 e. The van der Waals surface area contributed by atoms with Crippen molar-refractivity contribution in [3.63, 3.8) is 0 Å². The van der Waals surface area contributed by atoms with Gasteiger partial charge in [-0.05, 0) is 36.1 Å². The van der Waals surface area contributed by atoms with Crippen LogP contribution in [0.2, 0.25) is 0 Å². The third-order valence-corrected chi connectivity index (χ3v) is 2.74. The number of hydrogen-bond acceptors (Lipinski definition) is 1. The lowest BCUT2D eigenvalue weighted by molar-refractivity contribution is 1.42. The summed E-state index contributed by atoms with van der Waals surface area (Å²) >= 11 is 1.81. The zero-order valence-corrected chi connectivity index (χ0v) is 7.32. The molecule has 1 heteroatoms. The molecule has 56 valence electrons. The molecule has 0 amide bonds. The molecule has 11 heavy (non-hydrogen) atoms. The number of rotatable bonds is 0. The lowest BCUT2D eigenvalue weighted by atomic mass is 10.2. The Labute approximate surface area is 70.2 Å². The molecule has 1 aromatic rings. The van der Waals surface area contributed by atoms with Crippen molar-refractivity contribution in [3.8, 4) is 0 Å². The molecule has 0 radical (unpaired) electrons. The number of fused-ring (bicyclic) bond motifs is 1. The molecule has 0 spiro atoms. The van der Waals surface area contributed by atoms with Crippen LogP contribution in [-0.2, 0) is 0 Å². The smallest absolute Gasteiger partial charge is 0.0342 e. The fraction of sp³-hybridized carbons (Fsp3) is 0.200. The van der Waals surface area contributed by atoms with Gasteiger partial charge in [0.2, 0.25) is 0 Å². The first-order valence-corrected chi connectivity index (χ1v) is 4.66. The van der Waals surface area contributed by atoms with Gasteiger partial charge in [0, 0.05) is 4.53 Å². The Kier molecular flexibility index (Phi) is 1.66. The van der Waals surface area contributed by atoms with Crippen LogP contribution in [0.1, 0.15) is 13.3 Å². The van der Waals surface area contributed by atoms with Gasteiger partial charge < -0.3 is 0 Å². The van der Waals surface area contributed by atoms with Gasteiger partial charge in [-0.25, -0.2) is 0 Å². The van der Waals surface area contributed by atoms with E-state index in [2.05, 4.69) is 36.6 Å². The highest BCUT2D eigenvalue weighted by molar-refractivity contribution is 7.07. The van der Waals surface area contributed by atoms with E-state index in [4.69, 9.17) is 0 Å². The fourth-order valence-electron chi connectivity index (χ4n) is 1.25. The minimum Gasteiger partial charge on any atom is -0.144 e. The third kappa shape index (κ3) is 1.29. The van der Waals surface area contributed by atoms with Gasteiger partial charge in [0.15, 0.2) is 0 Å². The summed E-state index contributed by atoms with van der Waals surface area (Å²) in [5, 5.41) is 3.54. The molecule has 0 bridgehead atoms. The summed E-state index contributed by atoms with van der Waals surface area (Å²) < 4.78 is 1.40. The van der Waals surface area contributed by atoms with E-state index in [-0.39, 0.29) is 0 Å². The maximum absolute atomic E-state index is 2.28. The Hall–Kier alpha value is -0.820. The van der Waals surface area contributed by atoms with Gasteiger partial charge in [-0.1, -0.05) is 17.7 Å². The number of hydrogen-bond donors (Lipinski definition) is 0. The summed E-state index contributed by atoms with van der Waals surface area (Å²) in [6.45, 7) is 2.16. The van der Waals surface area contributed by atoms with Crippen LogP contribution in [0.4, 0.5) is 0 Å². The molecule has 0 nitrogen and oxygen atoms in total. The molecule has 1 aliphatic rings. The first-order chi connectivity index (χ1) is 5.36. The van der Waals surface area contributed by atoms with E-state index in [9.17, 15) is 0 Å². The van der Waals surface area contributed by atoms with E-state index in [1.54, 1.807) is 0 Å². The zero-order chi connectivity index (χ0) is 7.68. The van der Waals surface area contributed by atoms with Gasteiger partial charge in [-0.3, -0.25) is 0 Å². The number of allylic oxidation sites excluding steroid dienone is 2. The van der Waals surface area contributed by atoms with Gasteiger partial charge in [-0.15, -0.1) is 11.3 Å². The lowest BCUT2D eigenvalue weighted by Gasteiger charge is -1.84. The minimum atomic E-state index is 1.08. The molecule has 0 saturated carbocycles. The van der Waals surface area contributed by atoms with Gasteiger partial charge in [-0.2, -0.15) is 0 Å². The predicted molar refractivity (Wildman–Crippen MR) is 50.9 cm³/mol. The molecule has 0 atom stereocenters. The summed E-state index contributed by atoms with van der Waals surface area (Å²) in [6, 6.07) is 2.18. The topological polar surface area (TPSA) is 0 Å². The van der Waals surface area contributed by atoms with Crippen molar-refractivity contribution in [2.24, 2.45) is 0 Å². The van der Waals surface area contributed by atoms with Gasteiger partial charge in [0.1, 0.15) is 0 Å². The molecule has 0 fully saturated rings. The Morgan fingerprint density at radius 3 is 3.18 bits per heavy atom. The van der Waals surface area contributed by atoms with E-state index >= 15 is 0 Å². The molecule has 0 unspecified atom stereocenters. The molecular formula is C10H10S. The predicted octanol–water partition coefficient (Wildman–Crippen LogP) is 1.66. The molecule has 0 saturated heterocycles. The highest BCUT2D eigenvalue weighted by atomic mass is 32.1. The summed E-state index contributed by atoms with van der Waals surface area (Å²) in [5.41, 5.74) is 1.38. The zero-order valence-electron chi connectivity index (χ0n) is 6.50. The average molecular weight is 162 g/mol. The Balaban J connectivity index is 2.76. The quantitative estimate of drug-likeness (QED) is 0.544. The van der Waals surface area contributed by atoms with Crippen molar-refractivity contribution < 1.29 is 0 Å². The maximum atomic E-state index is 2.28. The van der Waals surface area contributed by atoms with E-state index in [1.807, 2.05) is 11.3 Å². The van der Waals surface area contributed by atoms with Crippen LogP contribution in [0.25, 0.3) is 12.2 Å². The first kappa shape index (κ1) is 6.86. The highest BCUT2D eigenvalue weighted by Gasteiger charge is 1.91. The standard InChI is InChI=1S/C10H10S/c1-8-3-2-4-9-5-6-11-10(9)7-8/h3-7H,2H2,1H3. The molecule has 0 N–H and O–H groups in total. The summed E-state index contributed by atoms with van der Waals surface area (Å²) in [6.07, 6.45) is 7.86. The van der Waals surface area contributed by atoms with Gasteiger partial charge in [0.25, 0.3) is 0 Å². The lowest BCUT2D eigenvalue weighted by Crippen LogP contribution is -2.16. The second kappa shape index (κ2) is 2.67. The Morgan fingerprint density at radius 1 is 1.36 bits per heavy atom.